The van der Waals surface area contributed by atoms with Gasteiger partial charge in [0.05, 0.1) is 17.4 Å². The van der Waals surface area contributed by atoms with Crippen molar-refractivity contribution < 1.29 is 17.5 Å². The zero-order valence-corrected chi connectivity index (χ0v) is 12.6. The predicted molar refractivity (Wildman–Crippen MR) is 72.2 cm³/mol. The second kappa shape index (κ2) is 6.65. The van der Waals surface area contributed by atoms with E-state index in [9.17, 15) is 12.8 Å². The second-order valence-electron chi connectivity index (χ2n) is 4.21. The van der Waals surface area contributed by atoms with Crippen LogP contribution in [0.15, 0.2) is 23.1 Å². The number of ether oxygens (including phenoxy) is 1. The van der Waals surface area contributed by atoms with Crippen molar-refractivity contribution in [2.24, 2.45) is 0 Å². The topological polar surface area (TPSA) is 46.6 Å². The SMILES string of the molecule is COCC(C)N(C)S(=O)(=O)c1ccc(F)c(CCl)c1. The molecule has 19 heavy (non-hydrogen) atoms. The van der Waals surface area contributed by atoms with Crippen LogP contribution in [-0.4, -0.2) is 39.5 Å². The molecule has 0 aliphatic heterocycles. The van der Waals surface area contributed by atoms with Gasteiger partial charge in [0.2, 0.25) is 10.0 Å². The highest BCUT2D eigenvalue weighted by Crippen LogP contribution is 2.21. The third-order valence-electron chi connectivity index (χ3n) is 2.87. The summed E-state index contributed by atoms with van der Waals surface area (Å²) in [6.45, 7) is 2.01. The summed E-state index contributed by atoms with van der Waals surface area (Å²) < 4.78 is 44.1. The van der Waals surface area contributed by atoms with Crippen molar-refractivity contribution in [2.45, 2.75) is 23.7 Å². The van der Waals surface area contributed by atoms with Crippen molar-refractivity contribution in [2.75, 3.05) is 20.8 Å². The number of likely N-dealkylation sites (N-methyl/N-ethyl adjacent to an activating group) is 1. The van der Waals surface area contributed by atoms with Gasteiger partial charge >= 0.3 is 0 Å². The molecule has 1 aromatic rings. The van der Waals surface area contributed by atoms with Crippen molar-refractivity contribution >= 4 is 21.6 Å². The summed E-state index contributed by atoms with van der Waals surface area (Å²) in [5.41, 5.74) is 0.163. The standard InChI is InChI=1S/C12H17ClFNO3S/c1-9(8-18-3)15(2)19(16,17)11-4-5-12(14)10(6-11)7-13/h4-6,9H,7-8H2,1-3H3. The van der Waals surface area contributed by atoms with Gasteiger partial charge in [0.25, 0.3) is 0 Å². The van der Waals surface area contributed by atoms with E-state index in [0.29, 0.717) is 0 Å². The van der Waals surface area contributed by atoms with Crippen LogP contribution in [0.25, 0.3) is 0 Å². The fourth-order valence-corrected chi connectivity index (χ4v) is 3.17. The summed E-state index contributed by atoms with van der Waals surface area (Å²) in [4.78, 5) is 0.0232. The lowest BCUT2D eigenvalue weighted by atomic mass is 10.2. The zero-order valence-electron chi connectivity index (χ0n) is 11.1. The molecular formula is C12H17ClFNO3S. The van der Waals surface area contributed by atoms with Gasteiger partial charge in [-0.1, -0.05) is 0 Å². The van der Waals surface area contributed by atoms with Gasteiger partial charge in [-0.05, 0) is 25.1 Å². The van der Waals surface area contributed by atoms with Crippen LogP contribution in [0.4, 0.5) is 4.39 Å². The number of sulfonamides is 1. The fraction of sp³-hybridized carbons (Fsp3) is 0.500. The first kappa shape index (κ1) is 16.4. The molecule has 0 fully saturated rings. The number of halogens is 2. The summed E-state index contributed by atoms with van der Waals surface area (Å²) in [5, 5.41) is 0. The van der Waals surface area contributed by atoms with Crippen molar-refractivity contribution in [1.82, 2.24) is 4.31 Å². The Labute approximate surface area is 118 Å². The Morgan fingerprint density at radius 3 is 2.63 bits per heavy atom. The van der Waals surface area contributed by atoms with Crippen LogP contribution in [0.1, 0.15) is 12.5 Å². The molecule has 0 amide bonds. The van der Waals surface area contributed by atoms with E-state index in [1.165, 1.54) is 30.6 Å². The molecule has 0 heterocycles. The monoisotopic (exact) mass is 309 g/mol. The van der Waals surface area contributed by atoms with Crippen molar-refractivity contribution in [3.8, 4) is 0 Å². The fourth-order valence-electron chi connectivity index (χ4n) is 1.56. The maximum Gasteiger partial charge on any atom is 0.243 e. The van der Waals surface area contributed by atoms with Crippen molar-refractivity contribution in [3.05, 3.63) is 29.6 Å². The third kappa shape index (κ3) is 3.66. The smallest absolute Gasteiger partial charge is 0.243 e. The van der Waals surface area contributed by atoms with E-state index in [1.807, 2.05) is 0 Å². The zero-order chi connectivity index (χ0) is 14.6. The first-order valence-electron chi connectivity index (χ1n) is 5.66. The first-order chi connectivity index (χ1) is 8.84. The lowest BCUT2D eigenvalue weighted by Crippen LogP contribution is -2.37. The molecule has 7 heteroatoms. The van der Waals surface area contributed by atoms with Crippen LogP contribution < -0.4 is 0 Å². The molecule has 1 unspecified atom stereocenters. The Hall–Kier alpha value is -0.690. The van der Waals surface area contributed by atoms with Crippen LogP contribution in [0.2, 0.25) is 0 Å². The Balaban J connectivity index is 3.13. The van der Waals surface area contributed by atoms with Crippen LogP contribution in [0.5, 0.6) is 0 Å². The number of hydrogen-bond donors (Lipinski definition) is 0. The molecule has 0 radical (unpaired) electrons. The van der Waals surface area contributed by atoms with E-state index in [2.05, 4.69) is 0 Å². The minimum Gasteiger partial charge on any atom is -0.383 e. The van der Waals surface area contributed by atoms with Crippen molar-refractivity contribution in [3.63, 3.8) is 0 Å². The highest BCUT2D eigenvalue weighted by atomic mass is 35.5. The molecule has 4 nitrogen and oxygen atoms in total. The number of rotatable bonds is 6. The molecule has 0 N–H and O–H groups in total. The Morgan fingerprint density at radius 2 is 2.11 bits per heavy atom. The van der Waals surface area contributed by atoms with Gasteiger partial charge in [-0.3, -0.25) is 0 Å². The van der Waals surface area contributed by atoms with E-state index in [0.717, 1.165) is 6.07 Å². The number of methoxy groups -OCH3 is 1. The highest BCUT2D eigenvalue weighted by molar-refractivity contribution is 7.89. The predicted octanol–water partition coefficient (Wildman–Crippen LogP) is 2.22. The summed E-state index contributed by atoms with van der Waals surface area (Å²) in [6, 6.07) is 3.28. The van der Waals surface area contributed by atoms with E-state index < -0.39 is 15.8 Å². The van der Waals surface area contributed by atoms with Gasteiger partial charge in [-0.25, -0.2) is 12.8 Å². The molecule has 0 saturated carbocycles. The molecule has 1 rings (SSSR count). The van der Waals surface area contributed by atoms with E-state index >= 15 is 0 Å². The first-order valence-corrected chi connectivity index (χ1v) is 7.63. The Morgan fingerprint density at radius 1 is 1.47 bits per heavy atom. The van der Waals surface area contributed by atoms with Gasteiger partial charge in [0.15, 0.2) is 0 Å². The average molecular weight is 310 g/mol. The maximum atomic E-state index is 13.3. The molecule has 0 bridgehead atoms. The van der Waals surface area contributed by atoms with E-state index in [1.54, 1.807) is 6.92 Å². The Bertz CT molecular complexity index is 536. The maximum absolute atomic E-state index is 13.3. The number of alkyl halides is 1. The lowest BCUT2D eigenvalue weighted by Gasteiger charge is -2.23. The van der Waals surface area contributed by atoms with E-state index in [4.69, 9.17) is 16.3 Å². The number of nitrogens with zero attached hydrogens (tertiary/aromatic N) is 1. The molecule has 108 valence electrons. The molecular weight excluding hydrogens is 293 g/mol. The normalized spacial score (nSPS) is 13.8. The molecule has 0 aromatic heterocycles. The molecule has 0 saturated heterocycles. The third-order valence-corrected chi connectivity index (χ3v) is 5.12. The minimum atomic E-state index is -3.68. The van der Waals surface area contributed by atoms with E-state index in [-0.39, 0.29) is 29.0 Å². The molecule has 0 spiro atoms. The summed E-state index contributed by atoms with van der Waals surface area (Å²) >= 11 is 5.58. The van der Waals surface area contributed by atoms with Gasteiger partial charge in [-0.15, -0.1) is 11.6 Å². The lowest BCUT2D eigenvalue weighted by molar-refractivity contribution is 0.149. The summed E-state index contributed by atoms with van der Waals surface area (Å²) in [5.74, 6) is -0.589. The molecule has 1 atom stereocenters. The van der Waals surface area contributed by atoms with Gasteiger partial charge in [0, 0.05) is 25.8 Å². The number of benzene rings is 1. The highest BCUT2D eigenvalue weighted by Gasteiger charge is 2.25. The van der Waals surface area contributed by atoms with Crippen LogP contribution in [0.3, 0.4) is 0 Å². The van der Waals surface area contributed by atoms with Crippen molar-refractivity contribution in [1.29, 1.82) is 0 Å². The van der Waals surface area contributed by atoms with Gasteiger partial charge in [-0.2, -0.15) is 4.31 Å². The van der Waals surface area contributed by atoms with Crippen LogP contribution in [-0.2, 0) is 20.6 Å². The van der Waals surface area contributed by atoms with Gasteiger partial charge in [0.1, 0.15) is 5.82 Å². The molecule has 1 aromatic carbocycles. The quantitative estimate of drug-likeness (QED) is 0.757. The Kier molecular flexibility index (Phi) is 5.73. The molecule has 0 aliphatic rings. The minimum absolute atomic E-state index is 0.0232. The summed E-state index contributed by atoms with van der Waals surface area (Å²) in [6.07, 6.45) is 0. The van der Waals surface area contributed by atoms with Gasteiger partial charge < -0.3 is 4.74 Å². The largest absolute Gasteiger partial charge is 0.383 e. The summed E-state index contributed by atoms with van der Waals surface area (Å²) in [7, 11) is -0.720. The second-order valence-corrected chi connectivity index (χ2v) is 6.48. The van der Waals surface area contributed by atoms with Crippen LogP contribution in [0, 0.1) is 5.82 Å². The number of hydrogen-bond acceptors (Lipinski definition) is 3. The molecule has 0 aliphatic carbocycles. The van der Waals surface area contributed by atoms with Crippen LogP contribution >= 0.6 is 11.6 Å². The average Bonchev–Trinajstić information content (AvgIpc) is 2.38.